The largest absolute Gasteiger partial charge is 0.382 e. The van der Waals surface area contributed by atoms with Gasteiger partial charge >= 0.3 is 0 Å². The van der Waals surface area contributed by atoms with Gasteiger partial charge in [-0.25, -0.2) is 9.87 Å². The molecule has 6 nitrogen and oxygen atoms in total. The van der Waals surface area contributed by atoms with E-state index in [9.17, 15) is 9.18 Å². The van der Waals surface area contributed by atoms with Crippen molar-refractivity contribution in [2.24, 2.45) is 0 Å². The molecule has 152 valence electrons. The number of halogens is 4. The van der Waals surface area contributed by atoms with Gasteiger partial charge in [-0.1, -0.05) is 11.6 Å². The van der Waals surface area contributed by atoms with E-state index in [0.29, 0.717) is 30.5 Å². The molecule has 1 amide bonds. The molecule has 0 bridgehead atoms. The van der Waals surface area contributed by atoms with Crippen LogP contribution in [0.1, 0.15) is 10.4 Å². The van der Waals surface area contributed by atoms with Crippen LogP contribution in [0.4, 0.5) is 15.8 Å². The lowest BCUT2D eigenvalue weighted by Crippen LogP contribution is -2.26. The number of amides is 1. The molecule has 0 unspecified atom stereocenters. The molecule has 0 aliphatic rings. The van der Waals surface area contributed by atoms with Crippen molar-refractivity contribution in [2.45, 2.75) is 0 Å². The van der Waals surface area contributed by atoms with E-state index < -0.39 is 11.7 Å². The average molecular weight is 588 g/mol. The minimum Gasteiger partial charge on any atom is -0.382 e. The summed E-state index contributed by atoms with van der Waals surface area (Å²) >= 11 is 11.4. The zero-order valence-corrected chi connectivity index (χ0v) is 19.4. The Morgan fingerprint density at radius 3 is 2.64 bits per heavy atom. The lowest BCUT2D eigenvalue weighted by atomic mass is 10.1. The first-order valence-electron chi connectivity index (χ1n) is 8.12. The summed E-state index contributed by atoms with van der Waals surface area (Å²) in [5.74, 6) is -1.06. The summed E-state index contributed by atoms with van der Waals surface area (Å²) in [5.41, 5.74) is 3.30. The van der Waals surface area contributed by atoms with Gasteiger partial charge in [0, 0.05) is 10.7 Å². The van der Waals surface area contributed by atoms with E-state index in [1.54, 1.807) is 19.2 Å². The first kappa shape index (κ1) is 23.3. The second kappa shape index (κ2) is 11.9. The van der Waals surface area contributed by atoms with Crippen LogP contribution in [0.5, 0.6) is 0 Å². The van der Waals surface area contributed by atoms with Crippen LogP contribution in [0.15, 0.2) is 34.8 Å². The molecule has 28 heavy (non-hydrogen) atoms. The van der Waals surface area contributed by atoms with Crippen molar-refractivity contribution in [1.82, 2.24) is 5.48 Å². The third-order valence-corrected chi connectivity index (χ3v) is 5.02. The number of hydrogen-bond acceptors (Lipinski definition) is 5. The lowest BCUT2D eigenvalue weighted by Gasteiger charge is -2.14. The fourth-order valence-corrected chi connectivity index (χ4v) is 3.34. The smallest absolute Gasteiger partial charge is 0.276 e. The first-order chi connectivity index (χ1) is 13.4. The zero-order chi connectivity index (χ0) is 20.5. The highest BCUT2D eigenvalue weighted by Crippen LogP contribution is 2.31. The molecular weight excluding hydrogens is 569 g/mol. The third kappa shape index (κ3) is 7.12. The van der Waals surface area contributed by atoms with E-state index >= 15 is 0 Å². The second-order valence-corrected chi connectivity index (χ2v) is 7.95. The van der Waals surface area contributed by atoms with Gasteiger partial charge in [0.25, 0.3) is 5.91 Å². The number of hydroxylamine groups is 1. The molecule has 10 heteroatoms. The molecule has 0 aliphatic heterocycles. The van der Waals surface area contributed by atoms with Gasteiger partial charge < -0.3 is 14.8 Å². The van der Waals surface area contributed by atoms with Crippen molar-refractivity contribution in [3.63, 3.8) is 0 Å². The number of methoxy groups -OCH3 is 1. The minimum atomic E-state index is -0.540. The van der Waals surface area contributed by atoms with Crippen molar-refractivity contribution >= 4 is 67.4 Å². The Morgan fingerprint density at radius 1 is 1.18 bits per heavy atom. The van der Waals surface area contributed by atoms with E-state index in [0.717, 1.165) is 3.57 Å². The van der Waals surface area contributed by atoms with Crippen LogP contribution in [0, 0.1) is 9.39 Å². The van der Waals surface area contributed by atoms with Gasteiger partial charge in [0.1, 0.15) is 5.82 Å². The minimum absolute atomic E-state index is 0.153. The summed E-state index contributed by atoms with van der Waals surface area (Å²) < 4.78 is 25.2. The van der Waals surface area contributed by atoms with Gasteiger partial charge in [0.2, 0.25) is 0 Å². The summed E-state index contributed by atoms with van der Waals surface area (Å²) in [4.78, 5) is 17.6. The maximum absolute atomic E-state index is 14.0. The molecule has 0 fully saturated rings. The molecule has 0 saturated carbocycles. The van der Waals surface area contributed by atoms with Crippen molar-refractivity contribution in [3.05, 3.63) is 54.8 Å². The highest BCUT2D eigenvalue weighted by atomic mass is 127. The molecule has 0 saturated heterocycles. The highest BCUT2D eigenvalue weighted by Gasteiger charge is 2.16. The molecule has 0 radical (unpaired) electrons. The van der Waals surface area contributed by atoms with Gasteiger partial charge in [0.05, 0.1) is 52.9 Å². The Bertz CT molecular complexity index is 828. The van der Waals surface area contributed by atoms with Crippen LogP contribution in [0.2, 0.25) is 5.02 Å². The van der Waals surface area contributed by atoms with E-state index in [-0.39, 0.29) is 22.3 Å². The summed E-state index contributed by atoms with van der Waals surface area (Å²) in [7, 11) is 1.58. The molecular formula is C18H18BrClFIN2O4. The van der Waals surface area contributed by atoms with Crippen LogP contribution >= 0.6 is 50.1 Å². The van der Waals surface area contributed by atoms with Crippen molar-refractivity contribution in [1.29, 1.82) is 0 Å². The number of benzene rings is 2. The van der Waals surface area contributed by atoms with Gasteiger partial charge in [-0.3, -0.25) is 9.63 Å². The summed E-state index contributed by atoms with van der Waals surface area (Å²) in [6.07, 6.45) is 0. The number of hydrogen-bond donors (Lipinski definition) is 2. The first-order valence-corrected chi connectivity index (χ1v) is 10.4. The molecule has 0 heterocycles. The predicted molar refractivity (Wildman–Crippen MR) is 118 cm³/mol. The van der Waals surface area contributed by atoms with Crippen molar-refractivity contribution in [2.75, 3.05) is 38.9 Å². The molecule has 0 spiro atoms. The lowest BCUT2D eigenvalue weighted by molar-refractivity contribution is -0.00935. The van der Waals surface area contributed by atoms with Crippen LogP contribution < -0.4 is 10.8 Å². The van der Waals surface area contributed by atoms with E-state index in [1.807, 2.05) is 6.07 Å². The Balaban J connectivity index is 2.06. The molecule has 2 aromatic rings. The Hall–Kier alpha value is -0.980. The monoisotopic (exact) mass is 586 g/mol. The molecule has 0 aromatic heterocycles. The summed E-state index contributed by atoms with van der Waals surface area (Å²) in [6.45, 7) is 1.36. The van der Waals surface area contributed by atoms with Crippen LogP contribution in [-0.2, 0) is 14.3 Å². The highest BCUT2D eigenvalue weighted by molar-refractivity contribution is 14.1. The van der Waals surface area contributed by atoms with Crippen molar-refractivity contribution < 1.29 is 23.5 Å². The Morgan fingerprint density at radius 2 is 1.93 bits per heavy atom. The Labute approximate surface area is 189 Å². The fraction of sp³-hybridized carbons (Fsp3) is 0.278. The van der Waals surface area contributed by atoms with Gasteiger partial charge in [-0.15, -0.1) is 0 Å². The molecule has 0 aliphatic carbocycles. The van der Waals surface area contributed by atoms with E-state index in [4.69, 9.17) is 25.9 Å². The second-order valence-electron chi connectivity index (χ2n) is 5.45. The summed E-state index contributed by atoms with van der Waals surface area (Å²) in [6, 6.07) is 7.93. The number of rotatable bonds is 10. The predicted octanol–water partition coefficient (Wildman–Crippen LogP) is 4.91. The average Bonchev–Trinajstić information content (AvgIpc) is 2.65. The molecule has 2 N–H and O–H groups in total. The molecule has 0 atom stereocenters. The topological polar surface area (TPSA) is 68.8 Å². The van der Waals surface area contributed by atoms with Crippen LogP contribution in [-0.4, -0.2) is 39.4 Å². The standard InChI is InChI=1S/C18H18BrClFIN2O4/c1-26-4-5-27-6-7-28-24-18(25)12-9-13(19)15(21)10-17(12)23-16-3-2-11(22)8-14(16)20/h2-3,8-10,23H,4-7H2,1H3,(H,24,25). The fourth-order valence-electron chi connectivity index (χ4n) is 2.09. The van der Waals surface area contributed by atoms with Gasteiger partial charge in [0.15, 0.2) is 0 Å². The van der Waals surface area contributed by atoms with Crippen LogP contribution in [0.25, 0.3) is 0 Å². The number of nitrogens with one attached hydrogen (secondary N) is 2. The van der Waals surface area contributed by atoms with Gasteiger partial charge in [-0.2, -0.15) is 0 Å². The molecule has 2 aromatic carbocycles. The number of anilines is 2. The van der Waals surface area contributed by atoms with Gasteiger partial charge in [-0.05, 0) is 68.9 Å². The quantitative estimate of drug-likeness (QED) is 0.235. The number of carbonyl (C=O) groups is 1. The Kier molecular flexibility index (Phi) is 9.89. The number of ether oxygens (including phenoxy) is 2. The normalized spacial score (nSPS) is 10.8. The maximum atomic E-state index is 14.0. The van der Waals surface area contributed by atoms with E-state index in [1.165, 1.54) is 12.1 Å². The summed E-state index contributed by atoms with van der Waals surface area (Å²) in [5, 5.41) is 3.44. The van der Waals surface area contributed by atoms with Crippen LogP contribution in [0.3, 0.4) is 0 Å². The maximum Gasteiger partial charge on any atom is 0.276 e. The van der Waals surface area contributed by atoms with E-state index in [2.05, 4.69) is 49.3 Å². The zero-order valence-electron chi connectivity index (χ0n) is 14.9. The SMILES string of the molecule is COCCOCCONC(=O)c1cc(Br)c(F)cc1Nc1ccc(I)cc1Cl. The number of carbonyl (C=O) groups excluding carboxylic acids is 1. The molecule has 2 rings (SSSR count). The third-order valence-electron chi connectivity index (χ3n) is 3.43. The van der Waals surface area contributed by atoms with Crippen molar-refractivity contribution in [3.8, 4) is 0 Å².